The molecule has 8 heteroatoms. The van der Waals surface area contributed by atoms with E-state index in [0.29, 0.717) is 19.0 Å². The molecule has 1 amide bonds. The second-order valence-electron chi connectivity index (χ2n) is 6.50. The molecule has 2 atom stereocenters. The molecule has 0 saturated carbocycles. The summed E-state index contributed by atoms with van der Waals surface area (Å²) in [6, 6.07) is 7.66. The summed E-state index contributed by atoms with van der Waals surface area (Å²) in [6.07, 6.45) is 5.12. The number of hydrogen-bond donors (Lipinski definition) is 0. The second-order valence-corrected chi connectivity index (χ2v) is 6.50. The summed E-state index contributed by atoms with van der Waals surface area (Å²) < 4.78 is 14.9. The summed E-state index contributed by atoms with van der Waals surface area (Å²) in [5.41, 5.74) is 0.880. The van der Waals surface area contributed by atoms with Crippen molar-refractivity contribution < 1.29 is 14.3 Å². The molecule has 1 fully saturated rings. The number of rotatable bonds is 5. The molecular formula is C18H21N5O3. The van der Waals surface area contributed by atoms with Crippen molar-refractivity contribution in [2.24, 2.45) is 7.05 Å². The molecule has 0 unspecified atom stereocenters. The number of aryl methyl sites for hydroxylation is 1. The van der Waals surface area contributed by atoms with Gasteiger partial charge in [0, 0.05) is 25.7 Å². The summed E-state index contributed by atoms with van der Waals surface area (Å²) in [5.74, 6) is 0.639. The van der Waals surface area contributed by atoms with E-state index in [0.717, 1.165) is 10.9 Å². The van der Waals surface area contributed by atoms with Crippen molar-refractivity contribution in [3.63, 3.8) is 0 Å². The van der Waals surface area contributed by atoms with Gasteiger partial charge < -0.3 is 14.4 Å². The Kier molecular flexibility index (Phi) is 4.34. The number of benzene rings is 1. The molecule has 0 N–H and O–H groups in total. The van der Waals surface area contributed by atoms with Crippen LogP contribution in [0.4, 0.5) is 0 Å². The molecule has 3 aromatic rings. The van der Waals surface area contributed by atoms with Crippen LogP contribution in [0.2, 0.25) is 0 Å². The maximum absolute atomic E-state index is 12.7. The molecule has 4 rings (SSSR count). The number of carbonyl (C=O) groups is 1. The summed E-state index contributed by atoms with van der Waals surface area (Å²) >= 11 is 0. The Balaban J connectivity index is 1.43. The monoisotopic (exact) mass is 355 g/mol. The molecule has 3 heterocycles. The highest BCUT2D eigenvalue weighted by molar-refractivity contribution is 5.80. The second kappa shape index (κ2) is 6.80. The Morgan fingerprint density at radius 2 is 2.19 bits per heavy atom. The molecular weight excluding hydrogens is 334 g/mol. The average molecular weight is 355 g/mol. The molecule has 2 aromatic heterocycles. The van der Waals surface area contributed by atoms with Gasteiger partial charge in [-0.15, -0.1) is 0 Å². The first-order chi connectivity index (χ1) is 12.6. The highest BCUT2D eigenvalue weighted by atomic mass is 16.5. The molecule has 1 saturated heterocycles. The Hall–Kier alpha value is -2.87. The molecule has 136 valence electrons. The lowest BCUT2D eigenvalue weighted by atomic mass is 10.2. The maximum Gasteiger partial charge on any atom is 0.244 e. The van der Waals surface area contributed by atoms with Crippen LogP contribution in [0.25, 0.3) is 10.9 Å². The van der Waals surface area contributed by atoms with Crippen molar-refractivity contribution in [1.29, 1.82) is 0 Å². The molecule has 0 aliphatic carbocycles. The van der Waals surface area contributed by atoms with Gasteiger partial charge in [0.15, 0.2) is 5.75 Å². The van der Waals surface area contributed by atoms with E-state index in [1.807, 2.05) is 37.5 Å². The van der Waals surface area contributed by atoms with Crippen LogP contribution in [-0.4, -0.2) is 62.8 Å². The van der Waals surface area contributed by atoms with Crippen LogP contribution in [0, 0.1) is 0 Å². The fourth-order valence-electron chi connectivity index (χ4n) is 3.16. The van der Waals surface area contributed by atoms with E-state index >= 15 is 0 Å². The lowest BCUT2D eigenvalue weighted by Gasteiger charge is -2.28. The lowest BCUT2D eigenvalue weighted by Crippen LogP contribution is -2.47. The summed E-state index contributed by atoms with van der Waals surface area (Å²) in [4.78, 5) is 14.4. The minimum Gasteiger partial charge on any atom is -0.482 e. The zero-order valence-electron chi connectivity index (χ0n) is 14.8. The van der Waals surface area contributed by atoms with Crippen molar-refractivity contribution in [3.8, 4) is 5.75 Å². The standard InChI is InChI=1S/C18H21N5O3/c1-21-9-14(7-19-21)26-17-12-25-11-16(17)22(2)18(24)10-23-8-13-5-3-4-6-15(13)20-23/h3-9,16-17H,10-12H2,1-2H3/t16-,17+/m0/s1. The third-order valence-electron chi connectivity index (χ3n) is 4.62. The van der Waals surface area contributed by atoms with Crippen LogP contribution in [0.5, 0.6) is 5.75 Å². The molecule has 1 aromatic carbocycles. The third-order valence-corrected chi connectivity index (χ3v) is 4.62. The van der Waals surface area contributed by atoms with Crippen molar-refractivity contribution >= 4 is 16.8 Å². The number of carbonyl (C=O) groups excluding carboxylic acids is 1. The van der Waals surface area contributed by atoms with Gasteiger partial charge in [-0.3, -0.25) is 14.2 Å². The Labute approximate surface area is 150 Å². The minimum absolute atomic E-state index is 0.0342. The van der Waals surface area contributed by atoms with Crippen molar-refractivity contribution in [2.45, 2.75) is 18.7 Å². The van der Waals surface area contributed by atoms with Crippen LogP contribution in [0.15, 0.2) is 42.9 Å². The number of nitrogens with zero attached hydrogens (tertiary/aromatic N) is 5. The molecule has 0 bridgehead atoms. The molecule has 1 aliphatic rings. The van der Waals surface area contributed by atoms with Crippen LogP contribution in [-0.2, 0) is 23.1 Å². The van der Waals surface area contributed by atoms with E-state index in [1.165, 1.54) is 0 Å². The van der Waals surface area contributed by atoms with Gasteiger partial charge in [-0.25, -0.2) is 0 Å². The Morgan fingerprint density at radius 3 is 2.96 bits per heavy atom. The van der Waals surface area contributed by atoms with Crippen LogP contribution in [0.3, 0.4) is 0 Å². The topological polar surface area (TPSA) is 74.4 Å². The maximum atomic E-state index is 12.7. The van der Waals surface area contributed by atoms with Gasteiger partial charge >= 0.3 is 0 Å². The number of likely N-dealkylation sites (N-methyl/N-ethyl adjacent to an activating group) is 1. The Morgan fingerprint density at radius 1 is 1.35 bits per heavy atom. The normalized spacial score (nSPS) is 19.8. The van der Waals surface area contributed by atoms with Gasteiger partial charge in [-0.1, -0.05) is 18.2 Å². The first kappa shape index (κ1) is 16.6. The smallest absolute Gasteiger partial charge is 0.244 e. The number of fused-ring (bicyclic) bond motifs is 1. The largest absolute Gasteiger partial charge is 0.482 e. The van der Waals surface area contributed by atoms with Gasteiger partial charge in [0.25, 0.3) is 0 Å². The quantitative estimate of drug-likeness (QED) is 0.685. The van der Waals surface area contributed by atoms with E-state index in [9.17, 15) is 4.79 Å². The first-order valence-electron chi connectivity index (χ1n) is 8.51. The van der Waals surface area contributed by atoms with Crippen molar-refractivity contribution in [3.05, 3.63) is 42.9 Å². The van der Waals surface area contributed by atoms with E-state index in [1.54, 1.807) is 33.7 Å². The number of amides is 1. The van der Waals surface area contributed by atoms with Crippen molar-refractivity contribution in [1.82, 2.24) is 24.5 Å². The SMILES string of the molecule is CN(C(=O)Cn1cc2ccccc2n1)[C@H]1COC[C@H]1Oc1cnn(C)c1. The molecule has 8 nitrogen and oxygen atoms in total. The van der Waals surface area contributed by atoms with Gasteiger partial charge in [0.2, 0.25) is 5.91 Å². The number of hydrogen-bond acceptors (Lipinski definition) is 5. The van der Waals surface area contributed by atoms with Crippen LogP contribution < -0.4 is 4.74 Å². The van der Waals surface area contributed by atoms with Gasteiger partial charge in [0.05, 0.1) is 37.2 Å². The van der Waals surface area contributed by atoms with Gasteiger partial charge in [0.1, 0.15) is 12.6 Å². The number of aromatic nitrogens is 4. The average Bonchev–Trinajstić information content (AvgIpc) is 3.34. The van der Waals surface area contributed by atoms with Crippen LogP contribution in [0.1, 0.15) is 0 Å². The first-order valence-corrected chi connectivity index (χ1v) is 8.51. The van der Waals surface area contributed by atoms with E-state index in [2.05, 4.69) is 10.2 Å². The molecule has 26 heavy (non-hydrogen) atoms. The highest BCUT2D eigenvalue weighted by Gasteiger charge is 2.35. The van der Waals surface area contributed by atoms with Crippen molar-refractivity contribution in [2.75, 3.05) is 20.3 Å². The summed E-state index contributed by atoms with van der Waals surface area (Å²) in [7, 11) is 3.61. The zero-order chi connectivity index (χ0) is 18.1. The molecule has 0 spiro atoms. The third kappa shape index (κ3) is 3.28. The van der Waals surface area contributed by atoms with E-state index < -0.39 is 0 Å². The zero-order valence-corrected chi connectivity index (χ0v) is 14.8. The number of ether oxygens (including phenoxy) is 2. The Bertz CT molecular complexity index is 885. The predicted molar refractivity (Wildman–Crippen MR) is 94.7 cm³/mol. The highest BCUT2D eigenvalue weighted by Crippen LogP contribution is 2.20. The van der Waals surface area contributed by atoms with E-state index in [-0.39, 0.29) is 24.6 Å². The minimum atomic E-state index is -0.218. The van der Waals surface area contributed by atoms with Gasteiger partial charge in [-0.2, -0.15) is 10.2 Å². The lowest BCUT2D eigenvalue weighted by molar-refractivity contribution is -0.134. The predicted octanol–water partition coefficient (Wildman–Crippen LogP) is 1.07. The molecule has 1 aliphatic heterocycles. The summed E-state index contributed by atoms with van der Waals surface area (Å²) in [5, 5.41) is 9.56. The van der Waals surface area contributed by atoms with Gasteiger partial charge in [-0.05, 0) is 6.07 Å². The fraction of sp³-hybridized carbons (Fsp3) is 0.389. The molecule has 0 radical (unpaired) electrons. The fourth-order valence-corrected chi connectivity index (χ4v) is 3.16. The summed E-state index contributed by atoms with van der Waals surface area (Å²) in [6.45, 7) is 1.08. The van der Waals surface area contributed by atoms with E-state index in [4.69, 9.17) is 9.47 Å². The van der Waals surface area contributed by atoms with Crippen LogP contribution >= 0.6 is 0 Å².